The molecule has 0 bridgehead atoms. The Morgan fingerprint density at radius 1 is 1.10 bits per heavy atom. The van der Waals surface area contributed by atoms with Gasteiger partial charge in [0.1, 0.15) is 5.75 Å². The van der Waals surface area contributed by atoms with Gasteiger partial charge in [-0.1, -0.05) is 6.07 Å². The number of nitrogens with one attached hydrogen (secondary N) is 1. The minimum Gasteiger partial charge on any atom is -0.490 e. The topological polar surface area (TPSA) is 34.1 Å². The molecule has 1 fully saturated rings. The minimum absolute atomic E-state index is 0.271. The lowest BCUT2D eigenvalue weighted by Crippen LogP contribution is -2.35. The predicted octanol–water partition coefficient (Wildman–Crippen LogP) is 3.52. The average Bonchev–Trinajstić information content (AvgIpc) is 2.57. The van der Waals surface area contributed by atoms with E-state index in [1.807, 2.05) is 36.5 Å². The van der Waals surface area contributed by atoms with Crippen LogP contribution in [0.3, 0.4) is 0 Å². The van der Waals surface area contributed by atoms with Crippen LogP contribution in [0.2, 0.25) is 0 Å². The maximum atomic E-state index is 6.10. The second-order valence-electron chi connectivity index (χ2n) is 5.65. The van der Waals surface area contributed by atoms with Crippen LogP contribution in [0.25, 0.3) is 11.3 Å². The van der Waals surface area contributed by atoms with E-state index in [1.54, 1.807) is 0 Å². The van der Waals surface area contributed by atoms with Crippen molar-refractivity contribution in [3.63, 3.8) is 0 Å². The number of benzene rings is 1. The summed E-state index contributed by atoms with van der Waals surface area (Å²) in [5.74, 6) is 1.60. The van der Waals surface area contributed by atoms with Crippen LogP contribution in [0, 0.1) is 5.92 Å². The van der Waals surface area contributed by atoms with Gasteiger partial charge in [-0.3, -0.25) is 4.98 Å². The zero-order valence-electron chi connectivity index (χ0n) is 12.5. The molecular weight excluding hydrogens is 260 g/mol. The van der Waals surface area contributed by atoms with Gasteiger partial charge in [-0.05, 0) is 75.2 Å². The molecule has 21 heavy (non-hydrogen) atoms. The van der Waals surface area contributed by atoms with Gasteiger partial charge in [-0.2, -0.15) is 0 Å². The molecule has 0 spiro atoms. The normalized spacial score (nSPS) is 17.4. The summed E-state index contributed by atoms with van der Waals surface area (Å²) in [6, 6.07) is 14.2. The van der Waals surface area contributed by atoms with Crippen molar-refractivity contribution < 1.29 is 4.74 Å². The van der Waals surface area contributed by atoms with Crippen molar-refractivity contribution in [3.8, 4) is 17.0 Å². The molecule has 0 aliphatic carbocycles. The molecule has 1 aliphatic heterocycles. The first-order valence-electron chi connectivity index (χ1n) is 7.72. The fourth-order valence-corrected chi connectivity index (χ4v) is 2.86. The highest BCUT2D eigenvalue weighted by atomic mass is 16.5. The molecule has 1 atom stereocenters. The summed E-state index contributed by atoms with van der Waals surface area (Å²) in [5, 5.41) is 3.40. The molecule has 1 saturated heterocycles. The molecule has 1 aromatic carbocycles. The van der Waals surface area contributed by atoms with E-state index >= 15 is 0 Å². The third-order valence-electron chi connectivity index (χ3n) is 4.18. The molecule has 1 aromatic heterocycles. The van der Waals surface area contributed by atoms with Crippen molar-refractivity contribution >= 4 is 0 Å². The Hall–Kier alpha value is -1.87. The predicted molar refractivity (Wildman–Crippen MR) is 85.4 cm³/mol. The molecule has 3 heteroatoms. The Kier molecular flexibility index (Phi) is 4.51. The number of piperidine rings is 1. The lowest BCUT2D eigenvalue weighted by atomic mass is 9.93. The highest BCUT2D eigenvalue weighted by Gasteiger charge is 2.21. The highest BCUT2D eigenvalue weighted by molar-refractivity contribution is 5.59. The van der Waals surface area contributed by atoms with E-state index in [4.69, 9.17) is 4.74 Å². The molecule has 0 amide bonds. The maximum Gasteiger partial charge on any atom is 0.119 e. The zero-order valence-corrected chi connectivity index (χ0v) is 12.5. The number of ether oxygens (including phenoxy) is 1. The standard InChI is InChI=1S/C18H22N2O/c1-14(15-9-12-19-13-10-15)21-17-7-5-16(6-8-17)18-4-2-3-11-20-18/h2-8,11,14-15,19H,9-10,12-13H2,1H3. The van der Waals surface area contributed by atoms with Gasteiger partial charge >= 0.3 is 0 Å². The fraction of sp³-hybridized carbons (Fsp3) is 0.389. The molecule has 3 nitrogen and oxygen atoms in total. The molecule has 1 N–H and O–H groups in total. The van der Waals surface area contributed by atoms with E-state index in [0.717, 1.165) is 30.1 Å². The number of rotatable bonds is 4. The Balaban J connectivity index is 1.64. The summed E-state index contributed by atoms with van der Waals surface area (Å²) in [5.41, 5.74) is 2.12. The number of aromatic nitrogens is 1. The Morgan fingerprint density at radius 3 is 2.52 bits per heavy atom. The SMILES string of the molecule is CC(Oc1ccc(-c2ccccn2)cc1)C1CCNCC1. The van der Waals surface area contributed by atoms with Gasteiger partial charge in [-0.15, -0.1) is 0 Å². The van der Waals surface area contributed by atoms with Gasteiger partial charge < -0.3 is 10.1 Å². The lowest BCUT2D eigenvalue weighted by Gasteiger charge is -2.28. The monoisotopic (exact) mass is 282 g/mol. The van der Waals surface area contributed by atoms with Crippen LogP contribution in [0.4, 0.5) is 0 Å². The summed E-state index contributed by atoms with van der Waals surface area (Å²) in [6.45, 7) is 4.40. The van der Waals surface area contributed by atoms with Crippen LogP contribution in [-0.2, 0) is 0 Å². The molecule has 1 unspecified atom stereocenters. The molecule has 2 heterocycles. The summed E-state index contributed by atoms with van der Waals surface area (Å²) in [7, 11) is 0. The number of nitrogens with zero attached hydrogens (tertiary/aromatic N) is 1. The minimum atomic E-state index is 0.271. The van der Waals surface area contributed by atoms with Crippen molar-refractivity contribution in [1.29, 1.82) is 0 Å². The molecule has 1 aliphatic rings. The van der Waals surface area contributed by atoms with Crippen LogP contribution < -0.4 is 10.1 Å². The second kappa shape index (κ2) is 6.72. The fourth-order valence-electron chi connectivity index (χ4n) is 2.86. The first-order chi connectivity index (χ1) is 10.3. The molecule has 0 radical (unpaired) electrons. The van der Waals surface area contributed by atoms with Gasteiger partial charge in [-0.25, -0.2) is 0 Å². The van der Waals surface area contributed by atoms with E-state index in [-0.39, 0.29) is 6.10 Å². The van der Waals surface area contributed by atoms with Gasteiger partial charge in [0.15, 0.2) is 0 Å². The van der Waals surface area contributed by atoms with Crippen LogP contribution >= 0.6 is 0 Å². The van der Waals surface area contributed by atoms with Gasteiger partial charge in [0.05, 0.1) is 11.8 Å². The van der Waals surface area contributed by atoms with E-state index in [0.29, 0.717) is 5.92 Å². The van der Waals surface area contributed by atoms with E-state index in [9.17, 15) is 0 Å². The Morgan fingerprint density at radius 2 is 1.86 bits per heavy atom. The quantitative estimate of drug-likeness (QED) is 0.931. The number of hydrogen-bond donors (Lipinski definition) is 1. The first-order valence-corrected chi connectivity index (χ1v) is 7.72. The largest absolute Gasteiger partial charge is 0.490 e. The number of hydrogen-bond acceptors (Lipinski definition) is 3. The van der Waals surface area contributed by atoms with Gasteiger partial charge in [0.25, 0.3) is 0 Å². The second-order valence-corrected chi connectivity index (χ2v) is 5.65. The molecule has 3 rings (SSSR count). The summed E-state index contributed by atoms with van der Waals surface area (Å²) in [4.78, 5) is 4.37. The Bertz CT molecular complexity index is 547. The van der Waals surface area contributed by atoms with Crippen molar-refractivity contribution in [2.45, 2.75) is 25.9 Å². The molecule has 2 aromatic rings. The molecule has 110 valence electrons. The summed E-state index contributed by atoms with van der Waals surface area (Å²) < 4.78 is 6.10. The third kappa shape index (κ3) is 3.61. The first kappa shape index (κ1) is 14.1. The number of pyridine rings is 1. The van der Waals surface area contributed by atoms with E-state index in [2.05, 4.69) is 29.4 Å². The van der Waals surface area contributed by atoms with Crippen molar-refractivity contribution in [1.82, 2.24) is 10.3 Å². The summed E-state index contributed by atoms with van der Waals surface area (Å²) in [6.07, 6.45) is 4.49. The maximum absolute atomic E-state index is 6.10. The van der Waals surface area contributed by atoms with Crippen molar-refractivity contribution in [2.24, 2.45) is 5.92 Å². The highest BCUT2D eigenvalue weighted by Crippen LogP contribution is 2.24. The van der Waals surface area contributed by atoms with Gasteiger partial charge in [0, 0.05) is 11.8 Å². The average molecular weight is 282 g/mol. The van der Waals surface area contributed by atoms with Crippen molar-refractivity contribution in [2.75, 3.05) is 13.1 Å². The molecule has 0 saturated carbocycles. The van der Waals surface area contributed by atoms with Crippen LogP contribution in [0.15, 0.2) is 48.7 Å². The smallest absolute Gasteiger partial charge is 0.119 e. The van der Waals surface area contributed by atoms with E-state index < -0.39 is 0 Å². The van der Waals surface area contributed by atoms with Crippen LogP contribution in [0.1, 0.15) is 19.8 Å². The molecular formula is C18H22N2O. The van der Waals surface area contributed by atoms with Crippen LogP contribution in [-0.4, -0.2) is 24.2 Å². The zero-order chi connectivity index (χ0) is 14.5. The van der Waals surface area contributed by atoms with E-state index in [1.165, 1.54) is 12.8 Å². The van der Waals surface area contributed by atoms with Crippen molar-refractivity contribution in [3.05, 3.63) is 48.7 Å². The van der Waals surface area contributed by atoms with Gasteiger partial charge in [0.2, 0.25) is 0 Å². The third-order valence-corrected chi connectivity index (χ3v) is 4.18. The summed E-state index contributed by atoms with van der Waals surface area (Å²) >= 11 is 0. The lowest BCUT2D eigenvalue weighted by molar-refractivity contribution is 0.128. The van der Waals surface area contributed by atoms with Crippen LogP contribution in [0.5, 0.6) is 5.75 Å². The Labute approximate surface area is 126 Å².